The molecule has 0 saturated heterocycles. The van der Waals surface area contributed by atoms with Crippen LogP contribution in [0.2, 0.25) is 10.0 Å². The number of rotatable bonds is 6. The molecule has 106 valence electrons. The maximum absolute atomic E-state index is 11.6. The zero-order valence-corrected chi connectivity index (χ0v) is 12.3. The van der Waals surface area contributed by atoms with E-state index in [1.165, 1.54) is 7.11 Å². The molecule has 1 amide bonds. The predicted molar refractivity (Wildman–Crippen MR) is 75.5 cm³/mol. The normalized spacial score (nSPS) is 13.9. The Balaban J connectivity index is 2.55. The van der Waals surface area contributed by atoms with E-state index in [1.54, 1.807) is 25.1 Å². The van der Waals surface area contributed by atoms with Crippen molar-refractivity contribution >= 4 is 29.1 Å². The van der Waals surface area contributed by atoms with Gasteiger partial charge in [0, 0.05) is 23.7 Å². The zero-order chi connectivity index (χ0) is 14.4. The minimum Gasteiger partial charge on any atom is -0.387 e. The lowest BCUT2D eigenvalue weighted by molar-refractivity contribution is -0.126. The molecular formula is C13H17Cl2NO3. The van der Waals surface area contributed by atoms with Gasteiger partial charge in [-0.3, -0.25) is 4.79 Å². The van der Waals surface area contributed by atoms with Crippen molar-refractivity contribution in [2.45, 2.75) is 13.0 Å². The summed E-state index contributed by atoms with van der Waals surface area (Å²) in [6.07, 6.45) is -0.852. The fraction of sp³-hybridized carbons (Fsp3) is 0.462. The number of carbonyl (C=O) groups is 1. The van der Waals surface area contributed by atoms with E-state index in [1.807, 2.05) is 0 Å². The van der Waals surface area contributed by atoms with Crippen molar-refractivity contribution in [2.75, 3.05) is 20.3 Å². The lowest BCUT2D eigenvalue weighted by Gasteiger charge is -2.15. The molecular weight excluding hydrogens is 289 g/mol. The summed E-state index contributed by atoms with van der Waals surface area (Å²) in [5.74, 6) is -0.436. The summed E-state index contributed by atoms with van der Waals surface area (Å²) in [5.41, 5.74) is 0.567. The van der Waals surface area contributed by atoms with Crippen LogP contribution in [0.5, 0.6) is 0 Å². The molecule has 1 aromatic carbocycles. The molecule has 0 aromatic heterocycles. The van der Waals surface area contributed by atoms with Crippen LogP contribution in [0.25, 0.3) is 0 Å². The van der Waals surface area contributed by atoms with E-state index in [9.17, 15) is 9.90 Å². The van der Waals surface area contributed by atoms with Crippen LogP contribution in [0.3, 0.4) is 0 Å². The molecule has 0 bridgehead atoms. The monoisotopic (exact) mass is 305 g/mol. The van der Waals surface area contributed by atoms with Gasteiger partial charge in [0.25, 0.3) is 0 Å². The Morgan fingerprint density at radius 1 is 1.37 bits per heavy atom. The number of halogens is 2. The van der Waals surface area contributed by atoms with Crippen LogP contribution in [-0.2, 0) is 9.53 Å². The Bertz CT molecular complexity index is 420. The quantitative estimate of drug-likeness (QED) is 0.848. The van der Waals surface area contributed by atoms with Crippen molar-refractivity contribution in [2.24, 2.45) is 5.92 Å². The average Bonchev–Trinajstić information content (AvgIpc) is 2.34. The molecule has 0 aliphatic carbocycles. The SMILES string of the molecule is COCC(C)C(=O)NCC(O)c1cc(Cl)cc(Cl)c1. The Morgan fingerprint density at radius 2 is 1.95 bits per heavy atom. The number of benzene rings is 1. The molecule has 0 radical (unpaired) electrons. The minimum absolute atomic E-state index is 0.101. The molecule has 0 saturated carbocycles. The molecule has 0 aliphatic rings. The second-order valence-corrected chi connectivity index (χ2v) is 5.19. The first kappa shape index (κ1) is 16.2. The van der Waals surface area contributed by atoms with E-state index in [-0.39, 0.29) is 18.4 Å². The van der Waals surface area contributed by atoms with Gasteiger partial charge in [-0.15, -0.1) is 0 Å². The fourth-order valence-electron chi connectivity index (χ4n) is 1.58. The van der Waals surface area contributed by atoms with Gasteiger partial charge in [-0.1, -0.05) is 30.1 Å². The number of hydrogen-bond donors (Lipinski definition) is 2. The van der Waals surface area contributed by atoms with Gasteiger partial charge < -0.3 is 15.2 Å². The third-order valence-electron chi connectivity index (χ3n) is 2.60. The van der Waals surface area contributed by atoms with Gasteiger partial charge in [-0.25, -0.2) is 0 Å². The topological polar surface area (TPSA) is 58.6 Å². The van der Waals surface area contributed by atoms with Crippen molar-refractivity contribution in [3.05, 3.63) is 33.8 Å². The number of aliphatic hydroxyl groups is 1. The Labute approximate surface area is 122 Å². The highest BCUT2D eigenvalue weighted by atomic mass is 35.5. The van der Waals surface area contributed by atoms with Crippen LogP contribution in [0.15, 0.2) is 18.2 Å². The zero-order valence-electron chi connectivity index (χ0n) is 10.8. The maximum Gasteiger partial charge on any atom is 0.225 e. The summed E-state index contributed by atoms with van der Waals surface area (Å²) >= 11 is 11.7. The standard InChI is InChI=1S/C13H17Cl2NO3/c1-8(7-19-2)13(18)16-6-12(17)9-3-10(14)5-11(15)4-9/h3-5,8,12,17H,6-7H2,1-2H3,(H,16,18). The predicted octanol–water partition coefficient (Wildman–Crippen LogP) is 2.43. The van der Waals surface area contributed by atoms with E-state index in [0.29, 0.717) is 22.2 Å². The van der Waals surface area contributed by atoms with E-state index in [2.05, 4.69) is 5.32 Å². The lowest BCUT2D eigenvalue weighted by Crippen LogP contribution is -2.34. The minimum atomic E-state index is -0.852. The molecule has 0 aliphatic heterocycles. The van der Waals surface area contributed by atoms with Crippen molar-refractivity contribution in [3.8, 4) is 0 Å². The van der Waals surface area contributed by atoms with Crippen LogP contribution in [0.4, 0.5) is 0 Å². The second kappa shape index (κ2) is 7.70. The molecule has 1 aromatic rings. The summed E-state index contributed by atoms with van der Waals surface area (Å²) in [4.78, 5) is 11.6. The third-order valence-corrected chi connectivity index (χ3v) is 3.04. The molecule has 1 rings (SSSR count). The van der Waals surface area contributed by atoms with Crippen LogP contribution >= 0.6 is 23.2 Å². The van der Waals surface area contributed by atoms with E-state index in [4.69, 9.17) is 27.9 Å². The molecule has 2 N–H and O–H groups in total. The molecule has 19 heavy (non-hydrogen) atoms. The lowest BCUT2D eigenvalue weighted by atomic mass is 10.1. The van der Waals surface area contributed by atoms with Crippen LogP contribution in [0.1, 0.15) is 18.6 Å². The summed E-state index contributed by atoms with van der Waals surface area (Å²) in [7, 11) is 1.53. The Morgan fingerprint density at radius 3 is 2.47 bits per heavy atom. The summed E-state index contributed by atoms with van der Waals surface area (Å²) in [6, 6.07) is 4.81. The second-order valence-electron chi connectivity index (χ2n) is 4.32. The molecule has 0 fully saturated rings. The molecule has 0 spiro atoms. The number of amides is 1. The van der Waals surface area contributed by atoms with Crippen molar-refractivity contribution in [3.63, 3.8) is 0 Å². The summed E-state index contributed by atoms with van der Waals surface area (Å²) < 4.78 is 4.89. The van der Waals surface area contributed by atoms with E-state index >= 15 is 0 Å². The molecule has 6 heteroatoms. The van der Waals surface area contributed by atoms with Gasteiger partial charge in [0.15, 0.2) is 0 Å². The molecule has 0 heterocycles. The van der Waals surface area contributed by atoms with Crippen molar-refractivity contribution < 1.29 is 14.6 Å². The van der Waals surface area contributed by atoms with E-state index < -0.39 is 6.10 Å². The van der Waals surface area contributed by atoms with Crippen LogP contribution in [0, 0.1) is 5.92 Å². The largest absolute Gasteiger partial charge is 0.387 e. The van der Waals surface area contributed by atoms with Gasteiger partial charge in [-0.05, 0) is 23.8 Å². The number of ether oxygens (including phenoxy) is 1. The highest BCUT2D eigenvalue weighted by Crippen LogP contribution is 2.23. The molecule has 2 unspecified atom stereocenters. The van der Waals surface area contributed by atoms with Crippen LogP contribution in [-0.4, -0.2) is 31.3 Å². The van der Waals surface area contributed by atoms with Gasteiger partial charge in [-0.2, -0.15) is 0 Å². The highest BCUT2D eigenvalue weighted by molar-refractivity contribution is 6.34. The van der Waals surface area contributed by atoms with Crippen molar-refractivity contribution in [1.82, 2.24) is 5.32 Å². The smallest absolute Gasteiger partial charge is 0.225 e. The Hall–Kier alpha value is -0.810. The van der Waals surface area contributed by atoms with Gasteiger partial charge in [0.2, 0.25) is 5.91 Å². The first-order chi connectivity index (χ1) is 8.93. The number of carbonyl (C=O) groups excluding carboxylic acids is 1. The number of hydrogen-bond acceptors (Lipinski definition) is 3. The number of nitrogens with one attached hydrogen (secondary N) is 1. The third kappa shape index (κ3) is 5.37. The number of aliphatic hydroxyl groups excluding tert-OH is 1. The maximum atomic E-state index is 11.6. The first-order valence-electron chi connectivity index (χ1n) is 5.84. The molecule has 2 atom stereocenters. The summed E-state index contributed by atoms with van der Waals surface area (Å²) in [6.45, 7) is 2.19. The average molecular weight is 306 g/mol. The van der Waals surface area contributed by atoms with Gasteiger partial charge in [0.05, 0.1) is 18.6 Å². The van der Waals surface area contributed by atoms with Gasteiger partial charge >= 0.3 is 0 Å². The summed E-state index contributed by atoms with van der Waals surface area (Å²) in [5, 5.41) is 13.5. The molecule has 4 nitrogen and oxygen atoms in total. The first-order valence-corrected chi connectivity index (χ1v) is 6.60. The fourth-order valence-corrected chi connectivity index (χ4v) is 2.13. The van der Waals surface area contributed by atoms with E-state index in [0.717, 1.165) is 0 Å². The number of methoxy groups -OCH3 is 1. The van der Waals surface area contributed by atoms with Crippen molar-refractivity contribution in [1.29, 1.82) is 0 Å². The Kier molecular flexibility index (Phi) is 6.58. The van der Waals surface area contributed by atoms with Gasteiger partial charge in [0.1, 0.15) is 0 Å². The van der Waals surface area contributed by atoms with Crippen LogP contribution < -0.4 is 5.32 Å². The highest BCUT2D eigenvalue weighted by Gasteiger charge is 2.15.